The van der Waals surface area contributed by atoms with Gasteiger partial charge in [0.2, 0.25) is 10.0 Å². The van der Waals surface area contributed by atoms with Crippen LogP contribution in [0.25, 0.3) is 11.3 Å². The summed E-state index contributed by atoms with van der Waals surface area (Å²) in [6, 6.07) is 13.5. The molecule has 0 aliphatic heterocycles. The Morgan fingerprint density at radius 3 is 2.69 bits per heavy atom. The number of hydrogen-bond donors (Lipinski definition) is 1. The van der Waals surface area contributed by atoms with Crippen LogP contribution >= 0.6 is 11.5 Å². The van der Waals surface area contributed by atoms with E-state index in [1.54, 1.807) is 5.38 Å². The molecule has 3 aromatic rings. The lowest BCUT2D eigenvalue weighted by molar-refractivity contribution is 0.554. The Balaban J connectivity index is 1.69. The van der Waals surface area contributed by atoms with Crippen LogP contribution in [0.1, 0.15) is 34.7 Å². The largest absolute Gasteiger partial charge is 0.244 e. The molecule has 1 heterocycles. The Morgan fingerprint density at radius 1 is 1.15 bits per heavy atom. The Kier molecular flexibility index (Phi) is 4.42. The lowest BCUT2D eigenvalue weighted by Crippen LogP contribution is -2.28. The van der Waals surface area contributed by atoms with Crippen LogP contribution in [-0.2, 0) is 16.4 Å². The summed E-state index contributed by atoms with van der Waals surface area (Å²) in [6.45, 7) is 4.13. The van der Waals surface area contributed by atoms with Crippen LogP contribution < -0.4 is 4.72 Å². The van der Waals surface area contributed by atoms with Gasteiger partial charge in [-0.3, -0.25) is 0 Å². The fourth-order valence-corrected chi connectivity index (χ4v) is 6.21. The minimum atomic E-state index is -3.65. The van der Waals surface area contributed by atoms with Crippen molar-refractivity contribution >= 4 is 21.6 Å². The first-order valence-electron chi connectivity index (χ1n) is 8.58. The van der Waals surface area contributed by atoms with Crippen molar-refractivity contribution in [3.8, 4) is 11.3 Å². The Hall–Kier alpha value is -2.02. The second-order valence-corrected chi connectivity index (χ2v) is 9.07. The third kappa shape index (κ3) is 3.09. The molecule has 0 saturated heterocycles. The molecule has 1 unspecified atom stereocenters. The fourth-order valence-electron chi connectivity index (χ4n) is 3.79. The minimum absolute atomic E-state index is 0.181. The molecular formula is C20H20N2O2S2. The molecule has 0 amide bonds. The quantitative estimate of drug-likeness (QED) is 0.726. The molecule has 0 spiro atoms. The third-order valence-corrected chi connectivity index (χ3v) is 7.10. The van der Waals surface area contributed by atoms with Crippen molar-refractivity contribution in [1.29, 1.82) is 0 Å². The maximum absolute atomic E-state index is 13.1. The zero-order valence-electron chi connectivity index (χ0n) is 14.7. The van der Waals surface area contributed by atoms with Crippen molar-refractivity contribution in [3.05, 3.63) is 70.1 Å². The van der Waals surface area contributed by atoms with E-state index in [0.29, 0.717) is 5.69 Å². The summed E-state index contributed by atoms with van der Waals surface area (Å²) < 4.78 is 33.4. The van der Waals surface area contributed by atoms with Crippen LogP contribution in [0.4, 0.5) is 0 Å². The topological polar surface area (TPSA) is 59.1 Å². The van der Waals surface area contributed by atoms with Gasteiger partial charge in [-0.05, 0) is 54.9 Å². The summed E-state index contributed by atoms with van der Waals surface area (Å²) in [5.74, 6) is 0. The van der Waals surface area contributed by atoms with Crippen molar-refractivity contribution in [1.82, 2.24) is 9.10 Å². The van der Waals surface area contributed by atoms with Crippen LogP contribution in [-0.4, -0.2) is 12.8 Å². The second kappa shape index (κ2) is 6.61. The number of rotatable bonds is 4. The molecular weight excluding hydrogens is 364 g/mol. The van der Waals surface area contributed by atoms with E-state index in [9.17, 15) is 8.42 Å². The Morgan fingerprint density at radius 2 is 1.92 bits per heavy atom. The first-order chi connectivity index (χ1) is 12.5. The number of nitrogens with zero attached hydrogens (tertiary/aromatic N) is 1. The molecule has 4 rings (SSSR count). The zero-order valence-corrected chi connectivity index (χ0v) is 16.3. The SMILES string of the molecule is Cc1cc(C)c2c(c1)CCC2NS(=O)(=O)c1csnc1-c1ccccc1. The van der Waals surface area contributed by atoms with Gasteiger partial charge in [-0.2, -0.15) is 4.37 Å². The van der Waals surface area contributed by atoms with Crippen molar-refractivity contribution in [2.45, 2.75) is 37.6 Å². The number of fused-ring (bicyclic) bond motifs is 1. The van der Waals surface area contributed by atoms with Gasteiger partial charge in [-0.25, -0.2) is 13.1 Å². The van der Waals surface area contributed by atoms with E-state index in [2.05, 4.69) is 35.1 Å². The summed E-state index contributed by atoms with van der Waals surface area (Å²) in [4.78, 5) is 0.256. The fraction of sp³-hybridized carbons (Fsp3) is 0.250. The van der Waals surface area contributed by atoms with Crippen molar-refractivity contribution < 1.29 is 8.42 Å². The molecule has 1 atom stereocenters. The summed E-state index contributed by atoms with van der Waals surface area (Å²) in [5, 5.41) is 1.61. The second-order valence-electron chi connectivity index (χ2n) is 6.76. The molecule has 4 nitrogen and oxygen atoms in total. The van der Waals surface area contributed by atoms with Crippen molar-refractivity contribution in [2.24, 2.45) is 0 Å². The average Bonchev–Trinajstić information content (AvgIpc) is 3.23. The third-order valence-electron chi connectivity index (χ3n) is 4.84. The molecule has 0 bridgehead atoms. The van der Waals surface area contributed by atoms with Crippen LogP contribution in [0.15, 0.2) is 52.7 Å². The Labute approximate surface area is 158 Å². The van der Waals surface area contributed by atoms with Gasteiger partial charge in [0.25, 0.3) is 0 Å². The highest BCUT2D eigenvalue weighted by molar-refractivity contribution is 7.89. The summed E-state index contributed by atoms with van der Waals surface area (Å²) in [5.41, 5.74) is 6.08. The smallest absolute Gasteiger partial charge is 0.207 e. The van der Waals surface area contributed by atoms with Crippen molar-refractivity contribution in [2.75, 3.05) is 0 Å². The summed E-state index contributed by atoms with van der Waals surface area (Å²) in [7, 11) is -3.65. The molecule has 1 aliphatic rings. The molecule has 1 aromatic heterocycles. The Bertz CT molecular complexity index is 1060. The van der Waals surface area contributed by atoms with E-state index in [1.165, 1.54) is 22.7 Å². The lowest BCUT2D eigenvalue weighted by Gasteiger charge is -2.17. The van der Waals surface area contributed by atoms with Gasteiger partial charge in [0.15, 0.2) is 0 Å². The van der Waals surface area contributed by atoms with Gasteiger partial charge in [0, 0.05) is 17.0 Å². The maximum Gasteiger partial charge on any atom is 0.244 e. The molecule has 0 radical (unpaired) electrons. The van der Waals surface area contributed by atoms with E-state index >= 15 is 0 Å². The maximum atomic E-state index is 13.1. The molecule has 1 aliphatic carbocycles. The number of sulfonamides is 1. The molecule has 1 N–H and O–H groups in total. The van der Waals surface area contributed by atoms with Crippen LogP contribution in [0.3, 0.4) is 0 Å². The van der Waals surface area contributed by atoms with Crippen molar-refractivity contribution in [3.63, 3.8) is 0 Å². The number of aromatic nitrogens is 1. The van der Waals surface area contributed by atoms with Crippen LogP contribution in [0.2, 0.25) is 0 Å². The van der Waals surface area contributed by atoms with Crippen LogP contribution in [0, 0.1) is 13.8 Å². The highest BCUT2D eigenvalue weighted by Crippen LogP contribution is 2.36. The number of nitrogens with one attached hydrogen (secondary N) is 1. The zero-order chi connectivity index (χ0) is 18.3. The minimum Gasteiger partial charge on any atom is -0.207 e. The van der Waals surface area contributed by atoms with Gasteiger partial charge in [0.05, 0.1) is 0 Å². The number of hydrogen-bond acceptors (Lipinski definition) is 4. The summed E-state index contributed by atoms with van der Waals surface area (Å²) in [6.07, 6.45) is 1.69. The van der Waals surface area contributed by atoms with Gasteiger partial charge < -0.3 is 0 Å². The van der Waals surface area contributed by atoms with E-state index in [-0.39, 0.29) is 10.9 Å². The molecule has 0 saturated carbocycles. The van der Waals surface area contributed by atoms with Gasteiger partial charge in [-0.15, -0.1) is 0 Å². The number of aryl methyl sites for hydroxylation is 3. The first-order valence-corrected chi connectivity index (χ1v) is 10.9. The molecule has 26 heavy (non-hydrogen) atoms. The van der Waals surface area contributed by atoms with Gasteiger partial charge >= 0.3 is 0 Å². The normalized spacial score (nSPS) is 16.6. The predicted octanol–water partition coefficient (Wildman–Crippen LogP) is 4.39. The molecule has 6 heteroatoms. The molecule has 134 valence electrons. The van der Waals surface area contributed by atoms with E-state index in [0.717, 1.165) is 29.5 Å². The van der Waals surface area contributed by atoms with Crippen LogP contribution in [0.5, 0.6) is 0 Å². The molecule has 0 fully saturated rings. The van der Waals surface area contributed by atoms with E-state index in [4.69, 9.17) is 0 Å². The lowest BCUT2D eigenvalue weighted by atomic mass is 10.00. The summed E-state index contributed by atoms with van der Waals surface area (Å²) >= 11 is 1.17. The monoisotopic (exact) mass is 384 g/mol. The van der Waals surface area contributed by atoms with Gasteiger partial charge in [-0.1, -0.05) is 48.0 Å². The first kappa shape index (κ1) is 17.4. The number of benzene rings is 2. The van der Waals surface area contributed by atoms with E-state index < -0.39 is 10.0 Å². The highest BCUT2D eigenvalue weighted by atomic mass is 32.2. The average molecular weight is 385 g/mol. The van der Waals surface area contributed by atoms with E-state index in [1.807, 2.05) is 30.3 Å². The molecule has 2 aromatic carbocycles. The predicted molar refractivity (Wildman–Crippen MR) is 105 cm³/mol. The van der Waals surface area contributed by atoms with Gasteiger partial charge in [0.1, 0.15) is 10.6 Å². The highest BCUT2D eigenvalue weighted by Gasteiger charge is 2.31. The standard InChI is InChI=1S/C20H20N2O2S2/c1-13-10-14(2)19-16(11-13)8-9-17(19)22-26(23,24)18-12-25-21-20(18)15-6-4-3-5-7-15/h3-7,10-12,17,22H,8-9H2,1-2H3.